The quantitative estimate of drug-likeness (QED) is 0.575. The molecule has 0 saturated heterocycles. The Morgan fingerprint density at radius 2 is 1.59 bits per heavy atom. The van der Waals surface area contributed by atoms with Crippen LogP contribution < -0.4 is 4.65 Å². The largest absolute Gasteiger partial charge is 0.569 e. The maximum absolute atomic E-state index is 8.75. The lowest BCUT2D eigenvalue weighted by molar-refractivity contribution is 0.454. The van der Waals surface area contributed by atoms with Gasteiger partial charge in [0.2, 0.25) is 0 Å². The molecule has 22 heavy (non-hydrogen) atoms. The zero-order valence-corrected chi connectivity index (χ0v) is 11.7. The highest BCUT2D eigenvalue weighted by atomic mass is 16.5. The molecule has 0 aliphatic heterocycles. The summed E-state index contributed by atoms with van der Waals surface area (Å²) >= 11 is 0. The van der Waals surface area contributed by atoms with Crippen molar-refractivity contribution in [3.05, 3.63) is 66.7 Å². The number of para-hydroxylation sites is 1. The van der Waals surface area contributed by atoms with Gasteiger partial charge in [-0.25, -0.2) is 0 Å². The van der Waals surface area contributed by atoms with Gasteiger partial charge in [0.15, 0.2) is 0 Å². The van der Waals surface area contributed by atoms with Gasteiger partial charge >= 0.3 is 7.69 Å². The van der Waals surface area contributed by atoms with Crippen LogP contribution in [-0.2, 0) is 0 Å². The number of hydrogen-bond donors (Lipinski definition) is 1. The van der Waals surface area contributed by atoms with E-state index < -0.39 is 0 Å². The molecular weight excluding hydrogens is 275 g/mol. The average Bonchev–Trinajstić information content (AvgIpc) is 2.93. The van der Waals surface area contributed by atoms with Gasteiger partial charge in [0.25, 0.3) is 0 Å². The summed E-state index contributed by atoms with van der Waals surface area (Å²) in [5.41, 5.74) is 3.86. The third-order valence-corrected chi connectivity index (χ3v) is 3.73. The second-order valence-corrected chi connectivity index (χ2v) is 5.06. The maximum atomic E-state index is 8.75. The number of furan rings is 1. The van der Waals surface area contributed by atoms with E-state index >= 15 is 0 Å². The van der Waals surface area contributed by atoms with Gasteiger partial charge in [-0.3, -0.25) is 0 Å². The molecule has 1 N–H and O–H groups in total. The summed E-state index contributed by atoms with van der Waals surface area (Å²) in [7, 11) is 0.686. The van der Waals surface area contributed by atoms with Gasteiger partial charge in [0.1, 0.15) is 16.9 Å². The monoisotopic (exact) mass is 287 g/mol. The van der Waals surface area contributed by atoms with E-state index in [0.717, 1.165) is 33.1 Å². The normalized spacial score (nSPS) is 11.0. The Morgan fingerprint density at radius 1 is 0.773 bits per heavy atom. The molecule has 0 spiro atoms. The van der Waals surface area contributed by atoms with E-state index in [9.17, 15) is 0 Å². The Morgan fingerprint density at radius 3 is 2.50 bits per heavy atom. The van der Waals surface area contributed by atoms with E-state index in [-0.39, 0.29) is 0 Å². The van der Waals surface area contributed by atoms with E-state index in [0.29, 0.717) is 13.4 Å². The Bertz CT molecular complexity index is 959. The minimum Gasteiger partial charge on any atom is -0.537 e. The summed E-state index contributed by atoms with van der Waals surface area (Å²) in [5, 5.41) is 11.0. The predicted octanol–water partition coefficient (Wildman–Crippen LogP) is 4.16. The van der Waals surface area contributed by atoms with Crippen LogP contribution in [0.25, 0.3) is 33.1 Å². The molecule has 0 fully saturated rings. The van der Waals surface area contributed by atoms with Crippen LogP contribution in [0.4, 0.5) is 0 Å². The number of hydrogen-bond acceptors (Lipinski definition) is 3. The molecule has 4 aromatic rings. The summed E-state index contributed by atoms with van der Waals surface area (Å²) in [6.07, 6.45) is 0. The smallest absolute Gasteiger partial charge is 0.537 e. The van der Waals surface area contributed by atoms with E-state index in [4.69, 9.17) is 14.1 Å². The third kappa shape index (κ3) is 2.14. The van der Waals surface area contributed by atoms with Crippen LogP contribution in [0.3, 0.4) is 0 Å². The number of benzene rings is 3. The number of fused-ring (bicyclic) bond motifs is 3. The van der Waals surface area contributed by atoms with Crippen molar-refractivity contribution in [2.45, 2.75) is 0 Å². The van der Waals surface area contributed by atoms with Crippen molar-refractivity contribution in [3.8, 4) is 16.9 Å². The lowest BCUT2D eigenvalue weighted by Crippen LogP contribution is -1.99. The topological polar surface area (TPSA) is 42.6 Å². The van der Waals surface area contributed by atoms with Gasteiger partial charge in [0, 0.05) is 10.8 Å². The van der Waals surface area contributed by atoms with Crippen LogP contribution >= 0.6 is 0 Å². The molecule has 4 rings (SSSR count). The first kappa shape index (κ1) is 13.0. The van der Waals surface area contributed by atoms with Crippen LogP contribution in [0, 0.1) is 0 Å². The fourth-order valence-electron chi connectivity index (χ4n) is 2.72. The Balaban J connectivity index is 1.88. The highest BCUT2D eigenvalue weighted by Gasteiger charge is 2.08. The van der Waals surface area contributed by atoms with Crippen LogP contribution in [0.2, 0.25) is 0 Å². The molecule has 0 unspecified atom stereocenters. The van der Waals surface area contributed by atoms with E-state index in [2.05, 4.69) is 12.1 Å². The third-order valence-electron chi connectivity index (χ3n) is 3.73. The summed E-state index contributed by atoms with van der Waals surface area (Å²) in [6.45, 7) is 0. The summed E-state index contributed by atoms with van der Waals surface area (Å²) in [6, 6.07) is 21.7. The van der Waals surface area contributed by atoms with E-state index in [1.165, 1.54) is 0 Å². The Hall–Kier alpha value is -2.72. The van der Waals surface area contributed by atoms with Crippen molar-refractivity contribution in [2.24, 2.45) is 0 Å². The van der Waals surface area contributed by atoms with Crippen molar-refractivity contribution in [2.75, 3.05) is 0 Å². The van der Waals surface area contributed by atoms with Gasteiger partial charge in [-0.15, -0.1) is 0 Å². The Kier molecular flexibility index (Phi) is 3.09. The van der Waals surface area contributed by atoms with E-state index in [1.54, 1.807) is 6.07 Å². The summed E-state index contributed by atoms with van der Waals surface area (Å²) in [4.78, 5) is 0. The van der Waals surface area contributed by atoms with Gasteiger partial charge in [0.05, 0.1) is 0 Å². The molecule has 0 saturated carbocycles. The minimum absolute atomic E-state index is 0.595. The lowest BCUT2D eigenvalue weighted by Gasteiger charge is -2.05. The van der Waals surface area contributed by atoms with Crippen molar-refractivity contribution in [1.82, 2.24) is 0 Å². The zero-order chi connectivity index (χ0) is 14.9. The zero-order valence-electron chi connectivity index (χ0n) is 11.7. The fraction of sp³-hybridized carbons (Fsp3) is 0. The molecule has 0 atom stereocenters. The molecule has 3 nitrogen and oxygen atoms in total. The average molecular weight is 287 g/mol. The second kappa shape index (κ2) is 5.24. The molecule has 4 heteroatoms. The SMILES string of the molecule is O[B]Oc1cccc(-c2ccc3oc4ccccc4c3c2)c1. The van der Waals surface area contributed by atoms with Gasteiger partial charge in [-0.05, 0) is 41.5 Å². The number of rotatable bonds is 3. The fourth-order valence-corrected chi connectivity index (χ4v) is 2.72. The van der Waals surface area contributed by atoms with Crippen LogP contribution in [0.15, 0.2) is 71.1 Å². The van der Waals surface area contributed by atoms with Crippen molar-refractivity contribution < 1.29 is 14.1 Å². The molecule has 1 radical (unpaired) electrons. The van der Waals surface area contributed by atoms with Crippen LogP contribution in [-0.4, -0.2) is 12.7 Å². The van der Waals surface area contributed by atoms with Crippen molar-refractivity contribution in [1.29, 1.82) is 0 Å². The van der Waals surface area contributed by atoms with Crippen molar-refractivity contribution in [3.63, 3.8) is 0 Å². The second-order valence-electron chi connectivity index (χ2n) is 5.06. The highest BCUT2D eigenvalue weighted by Crippen LogP contribution is 2.33. The highest BCUT2D eigenvalue weighted by molar-refractivity contribution is 6.17. The van der Waals surface area contributed by atoms with Gasteiger partial charge in [-0.2, -0.15) is 0 Å². The molecule has 0 bridgehead atoms. The summed E-state index contributed by atoms with van der Waals surface area (Å²) < 4.78 is 10.9. The van der Waals surface area contributed by atoms with Gasteiger partial charge < -0.3 is 14.1 Å². The Labute approximate surface area is 128 Å². The molecule has 0 aliphatic rings. The first-order valence-electron chi connectivity index (χ1n) is 6.99. The van der Waals surface area contributed by atoms with E-state index in [1.807, 2.05) is 48.5 Å². The molecule has 1 aromatic heterocycles. The predicted molar refractivity (Wildman–Crippen MR) is 87.8 cm³/mol. The van der Waals surface area contributed by atoms with Crippen LogP contribution in [0.5, 0.6) is 5.75 Å². The van der Waals surface area contributed by atoms with Crippen molar-refractivity contribution >= 4 is 29.6 Å². The molecule has 3 aromatic carbocycles. The molecule has 0 aliphatic carbocycles. The molecule has 105 valence electrons. The molecule has 1 heterocycles. The molecular formula is C18H12BO3. The molecule has 0 amide bonds. The lowest BCUT2D eigenvalue weighted by atomic mass is 10.0. The maximum Gasteiger partial charge on any atom is 0.569 e. The standard InChI is InChI=1S/C18H12BO3/c20-19-22-14-5-3-4-12(10-14)13-8-9-18-16(11-13)15-6-1-2-7-17(15)21-18/h1-11,20H. The minimum atomic E-state index is 0.595. The van der Waals surface area contributed by atoms with Crippen LogP contribution in [0.1, 0.15) is 0 Å². The first-order chi connectivity index (χ1) is 10.8. The van der Waals surface area contributed by atoms with Gasteiger partial charge in [-0.1, -0.05) is 36.4 Å². The summed E-state index contributed by atoms with van der Waals surface area (Å²) in [5.74, 6) is 0.595. The first-order valence-corrected chi connectivity index (χ1v) is 6.99.